The molecule has 14 heteroatoms. The van der Waals surface area contributed by atoms with Gasteiger partial charge in [0.15, 0.2) is 0 Å². The lowest BCUT2D eigenvalue weighted by atomic mass is 9.44. The molecule has 11 atom stereocenters. The molecule has 1 aromatic carbocycles. The van der Waals surface area contributed by atoms with Crippen molar-refractivity contribution < 1.29 is 42.9 Å². The second-order valence-corrected chi connectivity index (χ2v) is 23.1. The van der Waals surface area contributed by atoms with Crippen LogP contribution in [0.15, 0.2) is 29.7 Å². The number of esters is 3. The first-order valence-corrected chi connectivity index (χ1v) is 25.8. The average molecular weight is 932 g/mol. The first kappa shape index (κ1) is 47.3. The highest BCUT2D eigenvalue weighted by Gasteiger charge is 2.69. The molecule has 6 unspecified atom stereocenters. The number of ether oxygens (including phenoxy) is 3. The van der Waals surface area contributed by atoms with Crippen LogP contribution in [0.5, 0.6) is 0 Å². The van der Waals surface area contributed by atoms with Crippen LogP contribution in [-0.4, -0.2) is 106 Å². The third-order valence-electron chi connectivity index (χ3n) is 18.4. The number of carbonyl (C=O) groups excluding carboxylic acids is 4. The summed E-state index contributed by atoms with van der Waals surface area (Å²) in [6.45, 7) is 15.4. The number of hydrogen-bond donors (Lipinski definition) is 1. The second-order valence-electron chi connectivity index (χ2n) is 21.8. The van der Waals surface area contributed by atoms with Gasteiger partial charge >= 0.3 is 17.9 Å². The van der Waals surface area contributed by atoms with Gasteiger partial charge in [-0.05, 0) is 108 Å². The molecule has 0 radical (unpaired) electrons. The molecule has 4 aliphatic heterocycles. The molecule has 5 heterocycles. The van der Waals surface area contributed by atoms with Crippen molar-refractivity contribution in [3.8, 4) is 0 Å². The van der Waals surface area contributed by atoms with Crippen LogP contribution in [0.25, 0.3) is 10.9 Å². The Hall–Kier alpha value is -3.75. The summed E-state index contributed by atoms with van der Waals surface area (Å²) in [5, 5.41) is 10.6. The Morgan fingerprint density at radius 1 is 0.970 bits per heavy atom. The molecule has 1 N–H and O–H groups in total. The minimum atomic E-state index is -0.907. The van der Waals surface area contributed by atoms with Gasteiger partial charge in [-0.3, -0.25) is 19.2 Å². The topological polar surface area (TPSA) is 145 Å². The number of Topliss-reactive ketones (excluding diaryl/α,β-unsaturated/α-hetero) is 1. The number of thioether (sulfide) groups is 1. The molecule has 3 saturated heterocycles. The van der Waals surface area contributed by atoms with E-state index >= 15 is 4.39 Å². The summed E-state index contributed by atoms with van der Waals surface area (Å²) in [6.07, 6.45) is 11.2. The standard InChI is InChI=1S/C52H70FN3O9S/c1-8-50(5)26-41(64-43(60)28-66-35-23-32-10-11-33(24-35)54(32)7)51(6)29(2)13-18-52(19-14-40(58)47(51)52)31(4)48(50)65-42(59)17-22-63-49(62)38-27-56-30(3)9-12-36-44(56)37(46(38)61)25-39(53)45(36)55-20-15-34(57)16-21-55/h8,25,27,29-35,41,47-48,57H,1,9-24,26,28H2,2-7H3/t29?,30?,31-,32?,33?,35?,41+,47?,48+,50+,51-,52?/m1/s1. The Labute approximate surface area is 392 Å². The van der Waals surface area contributed by atoms with E-state index in [9.17, 15) is 29.1 Å². The van der Waals surface area contributed by atoms with Crippen molar-refractivity contribution in [2.24, 2.45) is 34.0 Å². The van der Waals surface area contributed by atoms with Crippen molar-refractivity contribution >= 4 is 52.0 Å². The summed E-state index contributed by atoms with van der Waals surface area (Å²) < 4.78 is 36.6. The van der Waals surface area contributed by atoms with Crippen LogP contribution in [0.1, 0.15) is 140 Å². The second kappa shape index (κ2) is 18.0. The zero-order valence-electron chi connectivity index (χ0n) is 39.8. The zero-order valence-corrected chi connectivity index (χ0v) is 40.6. The van der Waals surface area contributed by atoms with E-state index < -0.39 is 57.7 Å². The minimum Gasteiger partial charge on any atom is -0.461 e. The van der Waals surface area contributed by atoms with Gasteiger partial charge < -0.3 is 33.7 Å². The van der Waals surface area contributed by atoms with Crippen molar-refractivity contribution in [3.05, 3.63) is 52.1 Å². The normalized spacial score (nSPS) is 36.6. The number of aryl methyl sites for hydroxylation is 1. The zero-order chi connectivity index (χ0) is 47.0. The molecule has 0 spiro atoms. The monoisotopic (exact) mass is 931 g/mol. The lowest BCUT2D eigenvalue weighted by Crippen LogP contribution is -2.63. The highest BCUT2D eigenvalue weighted by atomic mass is 32.2. The fraction of sp³-hybridized carbons (Fsp3) is 0.712. The molecule has 360 valence electrons. The number of pyridine rings is 1. The molecule has 3 aliphatic carbocycles. The molecular formula is C52H70FN3O9S. The number of hydrogen-bond acceptors (Lipinski definition) is 12. The molecule has 4 bridgehead atoms. The summed E-state index contributed by atoms with van der Waals surface area (Å²) in [6, 6.07) is 2.28. The Morgan fingerprint density at radius 2 is 1.68 bits per heavy atom. The number of nitrogens with zero attached hydrogens (tertiary/aromatic N) is 3. The number of halogens is 1. The van der Waals surface area contributed by atoms with Crippen LogP contribution in [0.4, 0.5) is 10.1 Å². The van der Waals surface area contributed by atoms with Gasteiger partial charge in [-0.25, -0.2) is 9.18 Å². The van der Waals surface area contributed by atoms with Crippen LogP contribution in [0.3, 0.4) is 0 Å². The van der Waals surface area contributed by atoms with Crippen LogP contribution in [0.2, 0.25) is 0 Å². The average Bonchev–Trinajstić information content (AvgIpc) is 3.73. The van der Waals surface area contributed by atoms with E-state index in [1.807, 2.05) is 29.4 Å². The predicted molar refractivity (Wildman–Crippen MR) is 252 cm³/mol. The van der Waals surface area contributed by atoms with Crippen molar-refractivity contribution in [3.63, 3.8) is 0 Å². The summed E-state index contributed by atoms with van der Waals surface area (Å²) in [7, 11) is 2.21. The predicted octanol–water partition coefficient (Wildman–Crippen LogP) is 7.97. The maximum absolute atomic E-state index is 16.0. The maximum atomic E-state index is 16.0. The number of piperidine rings is 2. The van der Waals surface area contributed by atoms with Gasteiger partial charge in [0, 0.05) is 82.7 Å². The number of carbonyl (C=O) groups is 4. The van der Waals surface area contributed by atoms with E-state index in [0.29, 0.717) is 86.6 Å². The van der Waals surface area contributed by atoms with Gasteiger partial charge in [-0.15, -0.1) is 18.3 Å². The van der Waals surface area contributed by atoms with E-state index in [1.165, 1.54) is 25.1 Å². The Kier molecular flexibility index (Phi) is 12.9. The smallest absolute Gasteiger partial charge is 0.343 e. The lowest BCUT2D eigenvalue weighted by Gasteiger charge is -2.62. The molecule has 3 saturated carbocycles. The van der Waals surface area contributed by atoms with E-state index in [1.54, 1.807) is 11.8 Å². The number of aliphatic hydroxyl groups is 1. The highest BCUT2D eigenvalue weighted by Crippen LogP contribution is 2.68. The van der Waals surface area contributed by atoms with Gasteiger partial charge in [-0.2, -0.15) is 0 Å². The van der Waals surface area contributed by atoms with Gasteiger partial charge in [0.25, 0.3) is 0 Å². The van der Waals surface area contributed by atoms with Crippen LogP contribution >= 0.6 is 11.8 Å². The molecule has 1 aromatic heterocycles. The number of aliphatic hydroxyl groups excluding tert-OH is 1. The summed E-state index contributed by atoms with van der Waals surface area (Å²) in [5.41, 5.74) is -1.05. The summed E-state index contributed by atoms with van der Waals surface area (Å²) in [4.78, 5) is 74.3. The quantitative estimate of drug-likeness (QED) is 0.133. The lowest BCUT2D eigenvalue weighted by molar-refractivity contribution is -0.213. The number of rotatable bonds is 11. The third-order valence-corrected chi connectivity index (χ3v) is 19.7. The van der Waals surface area contributed by atoms with Crippen molar-refractivity contribution in [1.82, 2.24) is 9.47 Å². The summed E-state index contributed by atoms with van der Waals surface area (Å²) >= 11 is 1.69. The fourth-order valence-corrected chi connectivity index (χ4v) is 15.5. The van der Waals surface area contributed by atoms with Gasteiger partial charge in [0.2, 0.25) is 5.43 Å². The number of ketones is 1. The summed E-state index contributed by atoms with van der Waals surface area (Å²) in [5.74, 6) is -2.41. The third kappa shape index (κ3) is 7.94. The maximum Gasteiger partial charge on any atom is 0.343 e. The largest absolute Gasteiger partial charge is 0.461 e. The van der Waals surface area contributed by atoms with Gasteiger partial charge in [-0.1, -0.05) is 33.8 Å². The van der Waals surface area contributed by atoms with Crippen LogP contribution < -0.4 is 10.3 Å². The number of aromatic nitrogens is 1. The van der Waals surface area contributed by atoms with E-state index in [-0.39, 0.29) is 65.3 Å². The molecule has 66 heavy (non-hydrogen) atoms. The Balaban J connectivity index is 0.919. The molecular weight excluding hydrogens is 862 g/mol. The first-order valence-electron chi connectivity index (χ1n) is 24.8. The Bertz CT molecular complexity index is 2330. The molecule has 9 rings (SSSR count). The number of anilines is 1. The van der Waals surface area contributed by atoms with E-state index in [4.69, 9.17) is 14.2 Å². The van der Waals surface area contributed by atoms with Crippen LogP contribution in [0, 0.1) is 39.8 Å². The van der Waals surface area contributed by atoms with E-state index in [2.05, 4.69) is 39.3 Å². The molecule has 0 amide bonds. The van der Waals surface area contributed by atoms with Crippen molar-refractivity contribution in [2.45, 2.75) is 166 Å². The SMILES string of the molecule is C=C[C@@]1(C)C[C@H](OC(=O)CSC2CC3CCC(C2)N3C)[C@@]2(C)C(C)CCC3(CCC(=O)C32)[C@H](C)[C@@H]1OC(=O)CCOC(=O)c1cn2c3c(c(N4CCC(O)CC4)c(F)cc3c1=O)CCC2C. The molecule has 7 aliphatic rings. The fourth-order valence-electron chi connectivity index (χ4n) is 14.3. The first-order chi connectivity index (χ1) is 31.4. The highest BCUT2D eigenvalue weighted by molar-refractivity contribution is 8.00. The van der Waals surface area contributed by atoms with Crippen molar-refractivity contribution in [2.75, 3.05) is 37.4 Å². The van der Waals surface area contributed by atoms with E-state index in [0.717, 1.165) is 31.2 Å². The van der Waals surface area contributed by atoms with Crippen molar-refractivity contribution in [1.29, 1.82) is 0 Å². The number of fused-ring (bicyclic) bond motifs is 2. The minimum absolute atomic E-state index is 0.0748. The Morgan fingerprint density at radius 3 is 2.38 bits per heavy atom. The number of benzene rings is 1. The molecule has 2 aromatic rings. The van der Waals surface area contributed by atoms with Gasteiger partial charge in [0.1, 0.15) is 36.0 Å². The molecule has 12 nitrogen and oxygen atoms in total. The molecule has 6 fully saturated rings. The van der Waals surface area contributed by atoms with Gasteiger partial charge in [0.05, 0.1) is 29.5 Å². The van der Waals surface area contributed by atoms with Crippen LogP contribution in [-0.2, 0) is 35.0 Å².